The van der Waals surface area contributed by atoms with Gasteiger partial charge >= 0.3 is 192 Å². The Morgan fingerprint density at radius 3 is 2.02 bits per heavy atom. The fraction of sp³-hybridized carbons (Fsp3) is 0.487. The predicted octanol–water partition coefficient (Wildman–Crippen LogP) is 5.20. The van der Waals surface area contributed by atoms with Gasteiger partial charge in [-0.25, -0.2) is 0 Å². The summed E-state index contributed by atoms with van der Waals surface area (Å²) in [4.78, 5) is 3.14. The minimum absolute atomic E-state index is 0. The normalized spacial score (nSPS) is 30.9. The maximum Gasteiger partial charge on any atom is 0.0941 e. The SMILES string of the molecule is CC(C)C1=Cc2c(-c3ccc(C45CC6CC(CC(C6)C4)C5)cc3)cccc2[CH]1[Zr+2].CC1=C2c3sc(C)cc3C1[Si]2(C)C.[Cl-].[Cl-]. The number of thiophene rings is 1. The second-order valence-electron chi connectivity index (χ2n) is 15.7. The first kappa shape index (κ1) is 33.2. The molecule has 2 atom stereocenters. The van der Waals surface area contributed by atoms with Crippen LogP contribution in [0.3, 0.4) is 0 Å². The van der Waals surface area contributed by atoms with Gasteiger partial charge < -0.3 is 24.8 Å². The van der Waals surface area contributed by atoms with Crippen LogP contribution in [0.5, 0.6) is 0 Å². The number of hydrogen-bond acceptors (Lipinski definition) is 1. The Morgan fingerprint density at radius 2 is 1.48 bits per heavy atom. The zero-order chi connectivity index (χ0) is 29.1. The maximum atomic E-state index is 2.52. The van der Waals surface area contributed by atoms with Crippen molar-refractivity contribution in [1.29, 1.82) is 0 Å². The second-order valence-corrected chi connectivity index (χ2v) is 22.9. The van der Waals surface area contributed by atoms with Gasteiger partial charge in [-0.05, 0) is 30.7 Å². The van der Waals surface area contributed by atoms with Crippen molar-refractivity contribution in [2.45, 2.75) is 93.9 Å². The monoisotopic (exact) mass is 733 g/mol. The number of halogens is 2. The van der Waals surface area contributed by atoms with Crippen molar-refractivity contribution in [2.75, 3.05) is 0 Å². The predicted molar refractivity (Wildman–Crippen MR) is 179 cm³/mol. The smallest absolute Gasteiger partial charge is 0.0941 e. The third kappa shape index (κ3) is 4.96. The van der Waals surface area contributed by atoms with E-state index in [0.717, 1.165) is 23.3 Å². The Bertz CT molecular complexity index is 1620. The molecule has 229 valence electrons. The van der Waals surface area contributed by atoms with Crippen molar-refractivity contribution in [3.63, 3.8) is 0 Å². The van der Waals surface area contributed by atoms with Crippen LogP contribution in [-0.4, -0.2) is 8.07 Å². The molecule has 6 bridgehead atoms. The summed E-state index contributed by atoms with van der Waals surface area (Å²) in [5.41, 5.74) is 13.9. The van der Waals surface area contributed by atoms with Crippen molar-refractivity contribution in [1.82, 2.24) is 0 Å². The molecule has 3 aromatic rings. The molecule has 2 unspecified atom stereocenters. The minimum Gasteiger partial charge on any atom is -1.00 e. The summed E-state index contributed by atoms with van der Waals surface area (Å²) in [6.07, 6.45) is 11.5. The Kier molecular flexibility index (Phi) is 8.88. The van der Waals surface area contributed by atoms with Crippen LogP contribution in [0.15, 0.2) is 59.7 Å². The Morgan fingerprint density at radius 1 is 0.864 bits per heavy atom. The molecule has 44 heavy (non-hydrogen) atoms. The van der Waals surface area contributed by atoms with Crippen molar-refractivity contribution in [3.05, 3.63) is 91.7 Å². The molecule has 5 heteroatoms. The van der Waals surface area contributed by atoms with E-state index in [9.17, 15) is 0 Å². The number of benzene rings is 2. The summed E-state index contributed by atoms with van der Waals surface area (Å²) in [5, 5.41) is 1.78. The van der Waals surface area contributed by atoms with Gasteiger partial charge in [-0.2, -0.15) is 0 Å². The fourth-order valence-electron chi connectivity index (χ4n) is 10.9. The van der Waals surface area contributed by atoms with E-state index < -0.39 is 8.07 Å². The molecule has 0 radical (unpaired) electrons. The molecule has 0 amide bonds. The van der Waals surface area contributed by atoms with E-state index in [1.165, 1.54) is 60.1 Å². The average molecular weight is 736 g/mol. The number of fused-ring (bicyclic) bond motifs is 1. The van der Waals surface area contributed by atoms with Gasteiger partial charge in [-0.3, -0.25) is 0 Å². The molecule has 1 aromatic heterocycles. The summed E-state index contributed by atoms with van der Waals surface area (Å²) in [7, 11) is -0.995. The zero-order valence-corrected chi connectivity index (χ0v) is 32.9. The Hall–Kier alpha value is -0.700. The van der Waals surface area contributed by atoms with Gasteiger partial charge in [0.15, 0.2) is 0 Å². The summed E-state index contributed by atoms with van der Waals surface area (Å²) >= 11 is 3.63. The molecule has 2 aliphatic heterocycles. The van der Waals surface area contributed by atoms with Gasteiger partial charge in [-0.15, -0.1) is 11.3 Å². The molecule has 0 N–H and O–H groups in total. The van der Waals surface area contributed by atoms with Crippen LogP contribution in [0.25, 0.3) is 22.4 Å². The van der Waals surface area contributed by atoms with E-state index in [-0.39, 0.29) is 24.8 Å². The summed E-state index contributed by atoms with van der Waals surface area (Å²) in [6, 6.07) is 19.2. The van der Waals surface area contributed by atoms with Crippen molar-refractivity contribution < 1.29 is 49.5 Å². The first-order chi connectivity index (χ1) is 20.1. The van der Waals surface area contributed by atoms with Crippen LogP contribution < -0.4 is 24.8 Å². The molecular formula is C39H45Cl2SSiZr. The zero-order valence-electron chi connectivity index (χ0n) is 27.1. The third-order valence-electron chi connectivity index (χ3n) is 12.2. The van der Waals surface area contributed by atoms with Crippen LogP contribution in [0.4, 0.5) is 0 Å². The molecule has 0 nitrogen and oxygen atoms in total. The van der Waals surface area contributed by atoms with Gasteiger partial charge in [0.25, 0.3) is 0 Å². The van der Waals surface area contributed by atoms with Crippen LogP contribution in [-0.2, 0) is 30.1 Å². The molecule has 0 spiro atoms. The van der Waals surface area contributed by atoms with E-state index in [0.29, 0.717) is 15.0 Å². The number of rotatable bonds is 3. The van der Waals surface area contributed by atoms with Crippen molar-refractivity contribution >= 4 is 30.7 Å². The van der Waals surface area contributed by atoms with Crippen molar-refractivity contribution in [2.24, 2.45) is 23.7 Å². The van der Waals surface area contributed by atoms with Crippen LogP contribution in [0, 0.1) is 30.6 Å². The topological polar surface area (TPSA) is 0 Å². The van der Waals surface area contributed by atoms with E-state index in [1.807, 2.05) is 11.3 Å². The molecule has 4 fully saturated rings. The fourth-order valence-corrected chi connectivity index (χ4v) is 18.9. The van der Waals surface area contributed by atoms with Gasteiger partial charge in [-0.1, -0.05) is 18.7 Å². The maximum absolute atomic E-state index is 2.52. The second kappa shape index (κ2) is 11.8. The van der Waals surface area contributed by atoms with E-state index in [2.05, 4.69) is 95.4 Å². The summed E-state index contributed by atoms with van der Waals surface area (Å²) < 4.78 is 0.642. The molecule has 8 aliphatic rings. The van der Waals surface area contributed by atoms with Gasteiger partial charge in [0.05, 0.1) is 8.07 Å². The molecule has 11 rings (SSSR count). The van der Waals surface area contributed by atoms with E-state index in [1.54, 1.807) is 62.6 Å². The average Bonchev–Trinajstić information content (AvgIpc) is 3.61. The summed E-state index contributed by atoms with van der Waals surface area (Å²) in [5.74, 6) is 3.68. The first-order valence-corrected chi connectivity index (χ1v) is 21.9. The van der Waals surface area contributed by atoms with Gasteiger partial charge in [0.2, 0.25) is 0 Å². The van der Waals surface area contributed by atoms with Gasteiger partial charge in [0, 0.05) is 15.3 Å². The summed E-state index contributed by atoms with van der Waals surface area (Å²) in [6.45, 7) is 14.3. The van der Waals surface area contributed by atoms with E-state index in [4.69, 9.17) is 0 Å². The number of allylic oxidation sites excluding steroid dienone is 2. The molecule has 2 aromatic carbocycles. The molecule has 0 saturated heterocycles. The van der Waals surface area contributed by atoms with Crippen LogP contribution in [0.2, 0.25) is 13.1 Å². The van der Waals surface area contributed by atoms with Gasteiger partial charge in [0.1, 0.15) is 0 Å². The minimum atomic E-state index is -0.995. The third-order valence-corrected chi connectivity index (χ3v) is 19.2. The van der Waals surface area contributed by atoms with E-state index >= 15 is 0 Å². The molecular weight excluding hydrogens is 691 g/mol. The quantitative estimate of drug-likeness (QED) is 0.325. The standard InChI is InChI=1S/C28H31.C11H14SSi.2ClH.Zr/c1-18(2)24-13-23-4-3-5-26(27(23)14-24)22-6-8-25(9-7-22)28-15-19-10-20(16-28)12-21(11-19)17-28;1-6-5-8-9(12-6)11-7(2)10(8)13(11,3)4;;;/h3-9,13-14,18-21H,10-12,15-17H2,1-2H3;5,10H,1-4H3;2*1H;/q;;;;+2/p-2. The Balaban J connectivity index is 0.000000193. The van der Waals surface area contributed by atoms with Crippen LogP contribution >= 0.6 is 11.3 Å². The number of aryl methyl sites for hydroxylation is 1. The Labute approximate surface area is 298 Å². The largest absolute Gasteiger partial charge is 1.00 e. The first-order valence-electron chi connectivity index (χ1n) is 16.5. The molecule has 4 saturated carbocycles. The number of hydrogen-bond donors (Lipinski definition) is 0. The van der Waals surface area contributed by atoms with Crippen LogP contribution in [0.1, 0.15) is 100 Å². The molecule has 3 heterocycles. The van der Waals surface area contributed by atoms with Crippen molar-refractivity contribution in [3.8, 4) is 11.1 Å². The molecule has 6 aliphatic carbocycles.